The Hall–Kier alpha value is -2.33. The summed E-state index contributed by atoms with van der Waals surface area (Å²) in [5.41, 5.74) is 1.96. The van der Waals surface area contributed by atoms with E-state index in [0.717, 1.165) is 18.2 Å². The second kappa shape index (κ2) is 9.39. The molecule has 26 heavy (non-hydrogen) atoms. The minimum Gasteiger partial charge on any atom is -0.492 e. The van der Waals surface area contributed by atoms with Crippen LogP contribution in [0.5, 0.6) is 5.75 Å². The number of ether oxygens (including phenoxy) is 1. The Morgan fingerprint density at radius 2 is 1.92 bits per heavy atom. The molecule has 3 rings (SSSR count). The van der Waals surface area contributed by atoms with Gasteiger partial charge >= 0.3 is 0 Å². The number of rotatable bonds is 7. The molecule has 4 heteroatoms. The largest absolute Gasteiger partial charge is 0.492 e. The zero-order chi connectivity index (χ0) is 18.2. The summed E-state index contributed by atoms with van der Waals surface area (Å²) in [7, 11) is 0. The standard InChI is InChI=1S/C22H28N2O2/c1-18-6-5-14-24(16-18)17-19-9-11-20(12-10-19)22(25)23-13-15-26-21-7-3-2-4-8-21/h2-4,7-12,18H,5-6,13-17H2,1H3,(H,23,25). The summed E-state index contributed by atoms with van der Waals surface area (Å²) in [6, 6.07) is 17.6. The molecule has 1 heterocycles. The molecule has 0 spiro atoms. The van der Waals surface area contributed by atoms with Crippen molar-refractivity contribution in [2.45, 2.75) is 26.3 Å². The quantitative estimate of drug-likeness (QED) is 0.772. The van der Waals surface area contributed by atoms with E-state index in [1.54, 1.807) is 0 Å². The van der Waals surface area contributed by atoms with Crippen molar-refractivity contribution in [3.63, 3.8) is 0 Å². The first-order chi connectivity index (χ1) is 12.7. The molecule has 1 aliphatic heterocycles. The molecule has 0 radical (unpaired) electrons. The van der Waals surface area contributed by atoms with Crippen LogP contribution in [0.1, 0.15) is 35.7 Å². The monoisotopic (exact) mass is 352 g/mol. The van der Waals surface area contributed by atoms with Crippen molar-refractivity contribution in [3.05, 3.63) is 65.7 Å². The molecule has 1 N–H and O–H groups in total. The molecule has 4 nitrogen and oxygen atoms in total. The minimum absolute atomic E-state index is 0.0557. The van der Waals surface area contributed by atoms with Crippen molar-refractivity contribution in [3.8, 4) is 5.75 Å². The van der Waals surface area contributed by atoms with Crippen LogP contribution in [0, 0.1) is 5.92 Å². The number of hydrogen-bond donors (Lipinski definition) is 1. The number of nitrogens with one attached hydrogen (secondary N) is 1. The van der Waals surface area contributed by atoms with E-state index in [4.69, 9.17) is 4.74 Å². The number of para-hydroxylation sites is 1. The van der Waals surface area contributed by atoms with E-state index in [2.05, 4.69) is 29.3 Å². The number of piperidine rings is 1. The predicted molar refractivity (Wildman–Crippen MR) is 104 cm³/mol. The van der Waals surface area contributed by atoms with Gasteiger partial charge in [0.15, 0.2) is 0 Å². The van der Waals surface area contributed by atoms with Gasteiger partial charge in [-0.15, -0.1) is 0 Å². The van der Waals surface area contributed by atoms with Crippen molar-refractivity contribution < 1.29 is 9.53 Å². The van der Waals surface area contributed by atoms with E-state index >= 15 is 0 Å². The lowest BCUT2D eigenvalue weighted by Crippen LogP contribution is -2.33. The number of benzene rings is 2. The highest BCUT2D eigenvalue weighted by Crippen LogP contribution is 2.18. The molecule has 2 aromatic carbocycles. The fourth-order valence-corrected chi connectivity index (χ4v) is 3.40. The van der Waals surface area contributed by atoms with Crippen molar-refractivity contribution >= 4 is 5.91 Å². The van der Waals surface area contributed by atoms with Crippen LogP contribution >= 0.6 is 0 Å². The van der Waals surface area contributed by atoms with Crippen LogP contribution in [0.25, 0.3) is 0 Å². The van der Waals surface area contributed by atoms with Crippen LogP contribution in [0.15, 0.2) is 54.6 Å². The Bertz CT molecular complexity index is 685. The number of carbonyl (C=O) groups is 1. The zero-order valence-electron chi connectivity index (χ0n) is 15.5. The molecular weight excluding hydrogens is 324 g/mol. The Kier molecular flexibility index (Phi) is 6.67. The lowest BCUT2D eigenvalue weighted by atomic mass is 9.99. The second-order valence-electron chi connectivity index (χ2n) is 7.10. The molecule has 0 aromatic heterocycles. The maximum absolute atomic E-state index is 12.2. The number of hydrogen-bond acceptors (Lipinski definition) is 3. The third-order valence-electron chi connectivity index (χ3n) is 4.76. The van der Waals surface area contributed by atoms with Gasteiger partial charge in [-0.05, 0) is 55.1 Å². The predicted octanol–water partition coefficient (Wildman–Crippen LogP) is 3.73. The highest BCUT2D eigenvalue weighted by molar-refractivity contribution is 5.94. The van der Waals surface area contributed by atoms with Gasteiger partial charge in [0.25, 0.3) is 5.91 Å². The highest BCUT2D eigenvalue weighted by Gasteiger charge is 2.16. The molecular formula is C22H28N2O2. The minimum atomic E-state index is -0.0557. The molecule has 0 saturated carbocycles. The van der Waals surface area contributed by atoms with Gasteiger partial charge in [0, 0.05) is 18.7 Å². The highest BCUT2D eigenvalue weighted by atomic mass is 16.5. The second-order valence-corrected chi connectivity index (χ2v) is 7.10. The van der Waals surface area contributed by atoms with E-state index in [1.807, 2.05) is 42.5 Å². The summed E-state index contributed by atoms with van der Waals surface area (Å²) >= 11 is 0. The first-order valence-corrected chi connectivity index (χ1v) is 9.48. The maximum atomic E-state index is 12.2. The number of nitrogens with zero attached hydrogens (tertiary/aromatic N) is 1. The van der Waals surface area contributed by atoms with Crippen molar-refractivity contribution in [1.29, 1.82) is 0 Å². The molecule has 1 saturated heterocycles. The van der Waals surface area contributed by atoms with E-state index in [9.17, 15) is 4.79 Å². The average Bonchev–Trinajstić information content (AvgIpc) is 2.66. The van der Waals surface area contributed by atoms with Crippen LogP contribution in [0.3, 0.4) is 0 Å². The Morgan fingerprint density at radius 3 is 2.65 bits per heavy atom. The third kappa shape index (κ3) is 5.60. The Balaban J connectivity index is 1.41. The SMILES string of the molecule is CC1CCCN(Cc2ccc(C(=O)NCCOc3ccccc3)cc2)C1. The molecule has 1 atom stereocenters. The van der Waals surface area contributed by atoms with Crippen molar-refractivity contribution in [2.75, 3.05) is 26.2 Å². The van der Waals surface area contributed by atoms with E-state index < -0.39 is 0 Å². The van der Waals surface area contributed by atoms with Crippen LogP contribution in [0.4, 0.5) is 0 Å². The zero-order valence-corrected chi connectivity index (χ0v) is 15.5. The van der Waals surface area contributed by atoms with E-state index in [0.29, 0.717) is 18.7 Å². The summed E-state index contributed by atoms with van der Waals surface area (Å²) in [4.78, 5) is 14.7. The Morgan fingerprint density at radius 1 is 1.15 bits per heavy atom. The van der Waals surface area contributed by atoms with Gasteiger partial charge in [0.1, 0.15) is 12.4 Å². The number of amides is 1. The summed E-state index contributed by atoms with van der Waals surface area (Å²) in [6.07, 6.45) is 2.62. The molecule has 138 valence electrons. The fourth-order valence-electron chi connectivity index (χ4n) is 3.40. The topological polar surface area (TPSA) is 41.6 Å². The van der Waals surface area contributed by atoms with Crippen LogP contribution in [-0.2, 0) is 6.54 Å². The van der Waals surface area contributed by atoms with Crippen LogP contribution in [-0.4, -0.2) is 37.0 Å². The number of carbonyl (C=O) groups excluding carboxylic acids is 1. The first-order valence-electron chi connectivity index (χ1n) is 9.48. The van der Waals surface area contributed by atoms with Gasteiger partial charge in [-0.2, -0.15) is 0 Å². The summed E-state index contributed by atoms with van der Waals surface area (Å²) in [6.45, 7) is 6.58. The smallest absolute Gasteiger partial charge is 0.251 e. The first kappa shape index (κ1) is 18.5. The van der Waals surface area contributed by atoms with Crippen molar-refractivity contribution in [2.24, 2.45) is 5.92 Å². The average molecular weight is 352 g/mol. The van der Waals surface area contributed by atoms with Gasteiger partial charge in [-0.1, -0.05) is 37.3 Å². The molecule has 0 aliphatic carbocycles. The van der Waals surface area contributed by atoms with Gasteiger partial charge in [-0.25, -0.2) is 0 Å². The van der Waals surface area contributed by atoms with Gasteiger partial charge < -0.3 is 10.1 Å². The summed E-state index contributed by atoms with van der Waals surface area (Å²) in [5, 5.41) is 2.90. The molecule has 0 bridgehead atoms. The van der Waals surface area contributed by atoms with Gasteiger partial charge in [-0.3, -0.25) is 9.69 Å². The fraction of sp³-hybridized carbons (Fsp3) is 0.409. The number of likely N-dealkylation sites (tertiary alicyclic amines) is 1. The Labute approximate surface area is 156 Å². The van der Waals surface area contributed by atoms with Gasteiger partial charge in [0.2, 0.25) is 0 Å². The summed E-state index contributed by atoms with van der Waals surface area (Å²) < 4.78 is 5.58. The van der Waals surface area contributed by atoms with Gasteiger partial charge in [0.05, 0.1) is 6.54 Å². The maximum Gasteiger partial charge on any atom is 0.251 e. The van der Waals surface area contributed by atoms with Crippen molar-refractivity contribution in [1.82, 2.24) is 10.2 Å². The molecule has 1 aliphatic rings. The lowest BCUT2D eigenvalue weighted by molar-refractivity contribution is 0.0947. The van der Waals surface area contributed by atoms with E-state index in [1.165, 1.54) is 31.5 Å². The van der Waals surface area contributed by atoms with Crippen LogP contribution in [0.2, 0.25) is 0 Å². The summed E-state index contributed by atoms with van der Waals surface area (Å²) in [5.74, 6) is 1.55. The van der Waals surface area contributed by atoms with E-state index in [-0.39, 0.29) is 5.91 Å². The molecule has 1 unspecified atom stereocenters. The van der Waals surface area contributed by atoms with Crippen LogP contribution < -0.4 is 10.1 Å². The molecule has 2 aromatic rings. The normalized spacial score (nSPS) is 17.7. The third-order valence-corrected chi connectivity index (χ3v) is 4.76. The lowest BCUT2D eigenvalue weighted by Gasteiger charge is -2.30. The molecule has 1 fully saturated rings. The molecule has 1 amide bonds.